The summed E-state index contributed by atoms with van der Waals surface area (Å²) in [5.41, 5.74) is 0.135. The number of hydrogen-bond acceptors (Lipinski definition) is 1. The van der Waals surface area contributed by atoms with E-state index in [0.717, 1.165) is 6.07 Å². The van der Waals surface area contributed by atoms with Crippen molar-refractivity contribution in [3.8, 4) is 0 Å². The normalized spacial score (nSPS) is 10.9. The van der Waals surface area contributed by atoms with Crippen LogP contribution in [0.4, 0.5) is 27.6 Å². The first-order valence-electron chi connectivity index (χ1n) is 5.73. The summed E-state index contributed by atoms with van der Waals surface area (Å²) in [5.74, 6) is -3.38. The molecule has 106 valence electrons. The molecule has 0 aliphatic rings. The van der Waals surface area contributed by atoms with Gasteiger partial charge in [0.25, 0.3) is 6.43 Å². The molecule has 0 heterocycles. The Bertz CT molecular complexity index is 595. The van der Waals surface area contributed by atoms with E-state index in [4.69, 9.17) is 0 Å². The van der Waals surface area contributed by atoms with Gasteiger partial charge in [-0.2, -0.15) is 0 Å². The molecule has 0 aliphatic carbocycles. The molecule has 1 nitrogen and oxygen atoms in total. The first-order chi connectivity index (χ1) is 9.47. The van der Waals surface area contributed by atoms with Gasteiger partial charge in [0.05, 0.1) is 5.69 Å². The highest BCUT2D eigenvalue weighted by atomic mass is 19.3. The molecule has 0 spiro atoms. The fraction of sp³-hybridized carbons (Fsp3) is 0.143. The predicted octanol–water partition coefficient (Wildman–Crippen LogP) is 4.65. The van der Waals surface area contributed by atoms with Gasteiger partial charge in [-0.15, -0.1) is 0 Å². The van der Waals surface area contributed by atoms with Gasteiger partial charge >= 0.3 is 0 Å². The van der Waals surface area contributed by atoms with Crippen LogP contribution in [0.2, 0.25) is 0 Å². The summed E-state index contributed by atoms with van der Waals surface area (Å²) in [4.78, 5) is 0. The van der Waals surface area contributed by atoms with E-state index in [9.17, 15) is 22.0 Å². The number of nitrogens with one attached hydrogen (secondary N) is 1. The Kier molecular flexibility index (Phi) is 4.22. The third kappa shape index (κ3) is 3.26. The van der Waals surface area contributed by atoms with E-state index >= 15 is 0 Å². The number of alkyl halides is 2. The fourth-order valence-electron chi connectivity index (χ4n) is 1.66. The van der Waals surface area contributed by atoms with E-state index in [1.807, 2.05) is 0 Å². The maximum absolute atomic E-state index is 13.4. The summed E-state index contributed by atoms with van der Waals surface area (Å²) in [6.45, 7) is 0.0589. The molecule has 0 amide bonds. The Labute approximate surface area is 112 Å². The van der Waals surface area contributed by atoms with E-state index in [1.54, 1.807) is 0 Å². The molecule has 0 saturated carbocycles. The smallest absolute Gasteiger partial charge is 0.263 e. The van der Waals surface area contributed by atoms with Gasteiger partial charge in [0, 0.05) is 24.2 Å². The van der Waals surface area contributed by atoms with Crippen molar-refractivity contribution < 1.29 is 22.0 Å². The zero-order valence-corrected chi connectivity index (χ0v) is 10.1. The lowest BCUT2D eigenvalue weighted by Crippen LogP contribution is -2.03. The van der Waals surface area contributed by atoms with E-state index in [0.29, 0.717) is 11.6 Å². The van der Waals surface area contributed by atoms with E-state index < -0.39 is 23.9 Å². The highest BCUT2D eigenvalue weighted by molar-refractivity contribution is 5.46. The molecule has 20 heavy (non-hydrogen) atoms. The summed E-state index contributed by atoms with van der Waals surface area (Å²) < 4.78 is 64.0. The number of anilines is 1. The summed E-state index contributed by atoms with van der Waals surface area (Å²) in [6.07, 6.45) is -2.56. The molecule has 0 unspecified atom stereocenters. The highest BCUT2D eigenvalue weighted by Crippen LogP contribution is 2.21. The van der Waals surface area contributed by atoms with Crippen molar-refractivity contribution in [3.63, 3.8) is 0 Å². The molecule has 0 fully saturated rings. The second-order valence-corrected chi connectivity index (χ2v) is 4.14. The van der Waals surface area contributed by atoms with Crippen LogP contribution in [0.1, 0.15) is 17.6 Å². The Morgan fingerprint density at radius 1 is 0.950 bits per heavy atom. The van der Waals surface area contributed by atoms with Crippen molar-refractivity contribution in [2.75, 3.05) is 5.32 Å². The van der Waals surface area contributed by atoms with Crippen molar-refractivity contribution in [1.29, 1.82) is 0 Å². The van der Waals surface area contributed by atoms with Crippen molar-refractivity contribution in [2.24, 2.45) is 0 Å². The summed E-state index contributed by atoms with van der Waals surface area (Å²) in [7, 11) is 0. The molecule has 0 radical (unpaired) electrons. The number of halogens is 5. The predicted molar refractivity (Wildman–Crippen MR) is 65.0 cm³/mol. The van der Waals surface area contributed by atoms with Crippen LogP contribution in [0.3, 0.4) is 0 Å². The van der Waals surface area contributed by atoms with Crippen LogP contribution in [-0.4, -0.2) is 0 Å². The third-order valence-electron chi connectivity index (χ3n) is 2.71. The maximum atomic E-state index is 13.4. The SMILES string of the molecule is Fc1cc(F)c(F)c(NCc2ccc(C(F)F)cc2)c1. The van der Waals surface area contributed by atoms with Crippen LogP contribution >= 0.6 is 0 Å². The van der Waals surface area contributed by atoms with E-state index in [1.165, 1.54) is 24.3 Å². The number of rotatable bonds is 4. The van der Waals surface area contributed by atoms with Gasteiger partial charge in [-0.25, -0.2) is 22.0 Å². The van der Waals surface area contributed by atoms with Crippen LogP contribution in [0.15, 0.2) is 36.4 Å². The van der Waals surface area contributed by atoms with Gasteiger partial charge in [0.2, 0.25) is 0 Å². The molecule has 2 aromatic rings. The van der Waals surface area contributed by atoms with Crippen molar-refractivity contribution in [2.45, 2.75) is 13.0 Å². The van der Waals surface area contributed by atoms with Crippen molar-refractivity contribution >= 4 is 5.69 Å². The molecule has 2 aromatic carbocycles. The van der Waals surface area contributed by atoms with Crippen LogP contribution in [0.5, 0.6) is 0 Å². The second-order valence-electron chi connectivity index (χ2n) is 4.14. The summed E-state index contributed by atoms with van der Waals surface area (Å²) in [6, 6.07) is 6.61. The van der Waals surface area contributed by atoms with Crippen LogP contribution < -0.4 is 5.32 Å². The molecule has 2 rings (SSSR count). The van der Waals surface area contributed by atoms with Gasteiger partial charge in [0.15, 0.2) is 11.6 Å². The number of benzene rings is 2. The molecule has 1 N–H and O–H groups in total. The zero-order chi connectivity index (χ0) is 14.7. The van der Waals surface area contributed by atoms with Gasteiger partial charge in [-0.1, -0.05) is 24.3 Å². The Hall–Kier alpha value is -2.11. The molecular weight excluding hydrogens is 277 g/mol. The minimum Gasteiger partial charge on any atom is -0.378 e. The first-order valence-corrected chi connectivity index (χ1v) is 5.73. The quantitative estimate of drug-likeness (QED) is 0.637. The zero-order valence-electron chi connectivity index (χ0n) is 10.1. The monoisotopic (exact) mass is 287 g/mol. The van der Waals surface area contributed by atoms with Crippen LogP contribution in [0.25, 0.3) is 0 Å². The lowest BCUT2D eigenvalue weighted by Gasteiger charge is -2.09. The molecule has 0 bridgehead atoms. The Morgan fingerprint density at radius 2 is 1.60 bits per heavy atom. The van der Waals surface area contributed by atoms with Gasteiger partial charge in [-0.3, -0.25) is 0 Å². The van der Waals surface area contributed by atoms with Crippen molar-refractivity contribution in [1.82, 2.24) is 0 Å². The first kappa shape index (κ1) is 14.3. The highest BCUT2D eigenvalue weighted by Gasteiger charge is 2.11. The van der Waals surface area contributed by atoms with Gasteiger partial charge in [0.1, 0.15) is 5.82 Å². The van der Waals surface area contributed by atoms with Crippen molar-refractivity contribution in [3.05, 3.63) is 65.0 Å². The fourth-order valence-corrected chi connectivity index (χ4v) is 1.66. The average Bonchev–Trinajstić information content (AvgIpc) is 2.41. The maximum Gasteiger partial charge on any atom is 0.263 e. The summed E-state index contributed by atoms with van der Waals surface area (Å²) in [5, 5.41) is 2.52. The van der Waals surface area contributed by atoms with E-state index in [-0.39, 0.29) is 17.8 Å². The molecule has 0 aliphatic heterocycles. The largest absolute Gasteiger partial charge is 0.378 e. The molecule has 0 saturated heterocycles. The molecule has 0 aromatic heterocycles. The standard InChI is InChI=1S/C14H10F5N/c15-10-5-11(16)13(17)12(6-10)20-7-8-1-3-9(4-2-8)14(18)19/h1-6,14,20H,7H2. The Balaban J connectivity index is 2.09. The summed E-state index contributed by atoms with van der Waals surface area (Å²) >= 11 is 0. The molecule has 6 heteroatoms. The Morgan fingerprint density at radius 3 is 2.20 bits per heavy atom. The van der Waals surface area contributed by atoms with E-state index in [2.05, 4.69) is 5.32 Å². The minimum absolute atomic E-state index is 0.0589. The van der Waals surface area contributed by atoms with Gasteiger partial charge < -0.3 is 5.32 Å². The van der Waals surface area contributed by atoms with Crippen LogP contribution in [0, 0.1) is 17.5 Å². The average molecular weight is 287 g/mol. The van der Waals surface area contributed by atoms with Gasteiger partial charge in [-0.05, 0) is 5.56 Å². The van der Waals surface area contributed by atoms with Crippen LogP contribution in [-0.2, 0) is 6.54 Å². The number of hydrogen-bond donors (Lipinski definition) is 1. The molecule has 0 atom stereocenters. The molecular formula is C14H10F5N. The third-order valence-corrected chi connectivity index (χ3v) is 2.71. The second kappa shape index (κ2) is 5.90. The minimum atomic E-state index is -2.56. The lowest BCUT2D eigenvalue weighted by molar-refractivity contribution is 0.151. The lowest BCUT2D eigenvalue weighted by atomic mass is 10.1. The topological polar surface area (TPSA) is 12.0 Å².